The van der Waals surface area contributed by atoms with Gasteiger partial charge in [-0.1, -0.05) is 30.1 Å². The summed E-state index contributed by atoms with van der Waals surface area (Å²) in [6, 6.07) is 4.22. The van der Waals surface area contributed by atoms with Crippen molar-refractivity contribution in [3.05, 3.63) is 28.2 Å². The van der Waals surface area contributed by atoms with Crippen LogP contribution in [0.2, 0.25) is 10.0 Å². The van der Waals surface area contributed by atoms with E-state index in [2.05, 4.69) is 5.32 Å². The molecule has 6 heteroatoms. The third kappa shape index (κ3) is 2.60. The zero-order chi connectivity index (χ0) is 13.3. The van der Waals surface area contributed by atoms with Gasteiger partial charge in [-0.05, 0) is 24.1 Å². The van der Waals surface area contributed by atoms with E-state index in [4.69, 9.17) is 23.2 Å². The highest BCUT2D eigenvalue weighted by molar-refractivity contribution is 6.37. The van der Waals surface area contributed by atoms with Crippen molar-refractivity contribution in [2.24, 2.45) is 5.92 Å². The van der Waals surface area contributed by atoms with Gasteiger partial charge in [0.1, 0.15) is 0 Å². The Morgan fingerprint density at radius 1 is 1.33 bits per heavy atom. The molecular formula is C12H12Cl2N2O2. The molecule has 1 saturated heterocycles. The molecule has 3 amide bonds. The summed E-state index contributed by atoms with van der Waals surface area (Å²) in [6.45, 7) is 2.38. The average molecular weight is 287 g/mol. The number of halogens is 2. The topological polar surface area (TPSA) is 49.4 Å². The smallest absolute Gasteiger partial charge is 0.328 e. The Bertz CT molecular complexity index is 505. The number of hydrogen-bond acceptors (Lipinski definition) is 2. The average Bonchev–Trinajstić information content (AvgIpc) is 2.42. The Balaban J connectivity index is 2.43. The number of benzene rings is 1. The first-order valence-corrected chi connectivity index (χ1v) is 6.30. The molecule has 1 unspecified atom stereocenters. The number of rotatable bonds is 1. The number of carbonyl (C=O) groups excluding carboxylic acids is 2. The lowest BCUT2D eigenvalue weighted by atomic mass is 10.1. The van der Waals surface area contributed by atoms with Gasteiger partial charge in [0.05, 0.1) is 10.7 Å². The maximum Gasteiger partial charge on any atom is 0.328 e. The Hall–Kier alpha value is -1.26. The standard InChI is InChI=1S/C12H12Cl2N2O2/c1-7-4-11(17)16(12(18)15-6-7)10-5-8(13)2-3-9(10)14/h2-3,5,7H,4,6H2,1H3,(H,15,18). The second-order valence-corrected chi connectivity index (χ2v) is 5.16. The Morgan fingerprint density at radius 2 is 2.06 bits per heavy atom. The minimum Gasteiger partial charge on any atom is -0.337 e. The summed E-state index contributed by atoms with van der Waals surface area (Å²) in [7, 11) is 0. The van der Waals surface area contributed by atoms with Crippen LogP contribution in [0, 0.1) is 5.92 Å². The number of amides is 3. The van der Waals surface area contributed by atoms with Gasteiger partial charge in [-0.25, -0.2) is 9.69 Å². The molecule has 1 aliphatic rings. The Labute approximate surface area is 115 Å². The van der Waals surface area contributed by atoms with Crippen molar-refractivity contribution in [1.29, 1.82) is 0 Å². The molecule has 1 aliphatic heterocycles. The molecule has 0 bridgehead atoms. The van der Waals surface area contributed by atoms with Crippen LogP contribution in [0.25, 0.3) is 0 Å². The summed E-state index contributed by atoms with van der Waals surface area (Å²) in [5.41, 5.74) is 0.320. The van der Waals surface area contributed by atoms with Crippen molar-refractivity contribution in [3.8, 4) is 0 Å². The van der Waals surface area contributed by atoms with Gasteiger partial charge in [-0.3, -0.25) is 4.79 Å². The summed E-state index contributed by atoms with van der Waals surface area (Å²) in [4.78, 5) is 25.0. The van der Waals surface area contributed by atoms with Crippen LogP contribution in [0.3, 0.4) is 0 Å². The summed E-state index contributed by atoms with van der Waals surface area (Å²) in [5, 5.41) is 3.42. The highest BCUT2D eigenvalue weighted by Gasteiger charge is 2.29. The van der Waals surface area contributed by atoms with E-state index < -0.39 is 6.03 Å². The highest BCUT2D eigenvalue weighted by atomic mass is 35.5. The SMILES string of the molecule is CC1CNC(=O)N(c2cc(Cl)ccc2Cl)C(=O)C1. The minimum absolute atomic E-state index is 0.101. The van der Waals surface area contributed by atoms with E-state index in [1.54, 1.807) is 12.1 Å². The third-order valence-electron chi connectivity index (χ3n) is 2.73. The molecule has 0 radical (unpaired) electrons. The monoisotopic (exact) mass is 286 g/mol. The van der Waals surface area contributed by atoms with Crippen LogP contribution in [0.4, 0.5) is 10.5 Å². The zero-order valence-corrected chi connectivity index (χ0v) is 11.3. The van der Waals surface area contributed by atoms with E-state index in [0.717, 1.165) is 4.90 Å². The largest absolute Gasteiger partial charge is 0.337 e. The quantitative estimate of drug-likeness (QED) is 0.863. The van der Waals surface area contributed by atoms with Gasteiger partial charge in [0.15, 0.2) is 0 Å². The van der Waals surface area contributed by atoms with Crippen LogP contribution < -0.4 is 10.2 Å². The van der Waals surface area contributed by atoms with Crippen molar-refractivity contribution in [2.75, 3.05) is 11.4 Å². The van der Waals surface area contributed by atoms with Gasteiger partial charge < -0.3 is 5.32 Å². The number of urea groups is 1. The predicted octanol–water partition coefficient (Wildman–Crippen LogP) is 3.08. The Kier molecular flexibility index (Phi) is 3.78. The number of imide groups is 1. The molecule has 1 fully saturated rings. The minimum atomic E-state index is -0.464. The van der Waals surface area contributed by atoms with Gasteiger partial charge in [0, 0.05) is 18.0 Å². The van der Waals surface area contributed by atoms with E-state index in [9.17, 15) is 9.59 Å². The van der Waals surface area contributed by atoms with Gasteiger partial charge in [0.25, 0.3) is 0 Å². The fourth-order valence-electron chi connectivity index (χ4n) is 1.82. The number of hydrogen-bond donors (Lipinski definition) is 1. The lowest BCUT2D eigenvalue weighted by Gasteiger charge is -2.19. The van der Waals surface area contributed by atoms with Crippen molar-refractivity contribution < 1.29 is 9.59 Å². The number of nitrogens with one attached hydrogen (secondary N) is 1. The summed E-state index contributed by atoms with van der Waals surface area (Å²) >= 11 is 11.9. The van der Waals surface area contributed by atoms with Crippen LogP contribution in [0.5, 0.6) is 0 Å². The molecule has 1 aromatic carbocycles. The van der Waals surface area contributed by atoms with Crippen LogP contribution in [-0.2, 0) is 4.79 Å². The molecule has 0 spiro atoms. The van der Waals surface area contributed by atoms with E-state index >= 15 is 0 Å². The molecule has 1 N–H and O–H groups in total. The maximum absolute atomic E-state index is 12.1. The van der Waals surface area contributed by atoms with Gasteiger partial charge >= 0.3 is 6.03 Å². The van der Waals surface area contributed by atoms with E-state index in [1.165, 1.54) is 6.07 Å². The lowest BCUT2D eigenvalue weighted by molar-refractivity contribution is -0.118. The molecule has 0 saturated carbocycles. The molecule has 0 aromatic heterocycles. The van der Waals surface area contributed by atoms with Crippen molar-refractivity contribution in [1.82, 2.24) is 5.32 Å². The first-order chi connectivity index (χ1) is 8.49. The summed E-state index contributed by atoms with van der Waals surface area (Å²) in [6.07, 6.45) is 0.293. The second-order valence-electron chi connectivity index (χ2n) is 4.32. The van der Waals surface area contributed by atoms with Crippen molar-refractivity contribution >= 4 is 40.8 Å². The molecule has 4 nitrogen and oxygen atoms in total. The molecule has 1 aromatic rings. The van der Waals surface area contributed by atoms with Gasteiger partial charge in [0.2, 0.25) is 5.91 Å². The molecule has 2 rings (SSSR count). The van der Waals surface area contributed by atoms with Gasteiger partial charge in [-0.2, -0.15) is 0 Å². The van der Waals surface area contributed by atoms with Crippen molar-refractivity contribution in [2.45, 2.75) is 13.3 Å². The Morgan fingerprint density at radius 3 is 2.78 bits per heavy atom. The fraction of sp³-hybridized carbons (Fsp3) is 0.333. The maximum atomic E-state index is 12.1. The molecule has 1 heterocycles. The molecule has 1 atom stereocenters. The van der Waals surface area contributed by atoms with E-state index in [1.807, 2.05) is 6.92 Å². The highest BCUT2D eigenvalue weighted by Crippen LogP contribution is 2.30. The third-order valence-corrected chi connectivity index (χ3v) is 3.28. The molecule has 18 heavy (non-hydrogen) atoms. The number of anilines is 1. The number of carbonyl (C=O) groups is 2. The van der Waals surface area contributed by atoms with E-state index in [-0.39, 0.29) is 11.8 Å². The van der Waals surface area contributed by atoms with Crippen LogP contribution in [0.1, 0.15) is 13.3 Å². The second kappa shape index (κ2) is 5.16. The first-order valence-electron chi connectivity index (χ1n) is 5.55. The van der Waals surface area contributed by atoms with Crippen LogP contribution in [-0.4, -0.2) is 18.5 Å². The lowest BCUT2D eigenvalue weighted by Crippen LogP contribution is -2.41. The molecular weight excluding hydrogens is 275 g/mol. The predicted molar refractivity (Wildman–Crippen MR) is 71.1 cm³/mol. The fourth-order valence-corrected chi connectivity index (χ4v) is 2.18. The number of nitrogens with zero attached hydrogens (tertiary/aromatic N) is 1. The van der Waals surface area contributed by atoms with E-state index in [0.29, 0.717) is 28.7 Å². The zero-order valence-electron chi connectivity index (χ0n) is 9.74. The first kappa shape index (κ1) is 13.2. The van der Waals surface area contributed by atoms with Crippen LogP contribution in [0.15, 0.2) is 18.2 Å². The normalized spacial score (nSPS) is 20.6. The van der Waals surface area contributed by atoms with Gasteiger partial charge in [-0.15, -0.1) is 0 Å². The molecule has 96 valence electrons. The summed E-state index contributed by atoms with van der Waals surface area (Å²) < 4.78 is 0. The molecule has 0 aliphatic carbocycles. The summed E-state index contributed by atoms with van der Waals surface area (Å²) in [5.74, 6) is -0.175. The van der Waals surface area contributed by atoms with Crippen molar-refractivity contribution in [3.63, 3.8) is 0 Å². The van der Waals surface area contributed by atoms with Crippen LogP contribution >= 0.6 is 23.2 Å².